The molecule has 0 bridgehead atoms. The summed E-state index contributed by atoms with van der Waals surface area (Å²) in [6.45, 7) is 1.10. The molecule has 4 N–H and O–H groups in total. The lowest BCUT2D eigenvalue weighted by molar-refractivity contribution is 0.356. The number of nitrogens with two attached hydrogens (primary N) is 1. The molecule has 2 heterocycles. The second kappa shape index (κ2) is 9.77. The summed E-state index contributed by atoms with van der Waals surface area (Å²) in [4.78, 5) is 11.7. The molecular weight excluding hydrogens is 362 g/mol. The number of methoxy groups -OCH3 is 2. The molecule has 0 unspecified atom stereocenters. The van der Waals surface area contributed by atoms with Gasteiger partial charge in [-0.3, -0.25) is 14.8 Å². The van der Waals surface area contributed by atoms with Crippen molar-refractivity contribution in [1.82, 2.24) is 19.7 Å². The number of ether oxygens (including phenoxy) is 2. The van der Waals surface area contributed by atoms with Gasteiger partial charge in [-0.1, -0.05) is 19.3 Å². The van der Waals surface area contributed by atoms with Gasteiger partial charge in [-0.25, -0.2) is 4.98 Å². The molecular formula is C19H27N5O2S. The highest BCUT2D eigenvalue weighted by Crippen LogP contribution is 2.33. The number of pyridine rings is 1. The highest BCUT2D eigenvalue weighted by molar-refractivity contribution is 7.95. The molecule has 1 aliphatic carbocycles. The molecule has 1 aliphatic rings. The Morgan fingerprint density at radius 1 is 1.15 bits per heavy atom. The normalized spacial score (nSPS) is 14.8. The minimum atomic E-state index is 0.669. The van der Waals surface area contributed by atoms with Crippen LogP contribution in [-0.4, -0.2) is 35.7 Å². The fourth-order valence-electron chi connectivity index (χ4n) is 3.47. The third kappa shape index (κ3) is 4.82. The van der Waals surface area contributed by atoms with E-state index in [1.165, 1.54) is 44.2 Å². The van der Waals surface area contributed by atoms with E-state index in [0.717, 1.165) is 34.4 Å². The quantitative estimate of drug-likeness (QED) is 0.571. The van der Waals surface area contributed by atoms with E-state index in [4.69, 9.17) is 14.6 Å². The van der Waals surface area contributed by atoms with Crippen LogP contribution in [-0.2, 0) is 0 Å². The smallest absolute Gasteiger partial charge is 0.162 e. The average Bonchev–Trinajstić information content (AvgIpc) is 3.21. The van der Waals surface area contributed by atoms with Crippen LogP contribution in [0.5, 0.6) is 11.5 Å². The van der Waals surface area contributed by atoms with Crippen LogP contribution >= 0.6 is 12.1 Å². The monoisotopic (exact) mass is 389 g/mol. The lowest BCUT2D eigenvalue weighted by Crippen LogP contribution is -2.20. The van der Waals surface area contributed by atoms with Crippen molar-refractivity contribution in [3.8, 4) is 11.5 Å². The van der Waals surface area contributed by atoms with Gasteiger partial charge < -0.3 is 14.5 Å². The van der Waals surface area contributed by atoms with Crippen molar-refractivity contribution in [2.24, 2.45) is 11.1 Å². The first kappa shape index (κ1) is 19.7. The number of H-pyrrole nitrogens is 1. The molecule has 1 aromatic carbocycles. The summed E-state index contributed by atoms with van der Waals surface area (Å²) in [6.07, 6.45) is 10.5. The van der Waals surface area contributed by atoms with Crippen LogP contribution in [0.15, 0.2) is 24.7 Å². The molecule has 3 aromatic rings. The highest BCUT2D eigenvalue weighted by atomic mass is 32.2. The van der Waals surface area contributed by atoms with Gasteiger partial charge in [-0.2, -0.15) is 0 Å². The molecule has 8 heteroatoms. The van der Waals surface area contributed by atoms with Gasteiger partial charge in [0.15, 0.2) is 11.5 Å². The molecule has 2 aromatic heterocycles. The standard InChI is InChI=1S/C12H11N3O2.C7H16N2S/c1-16-10-3-7-8(4-11(10)17-2)13-5-9-12(7)15-6-14-9;8-10-9-6-7-4-2-1-3-5-7/h3-6H,1-2H3,(H,14,15);7,9H,1-6,8H2. The van der Waals surface area contributed by atoms with Crippen LogP contribution in [0.25, 0.3) is 21.9 Å². The zero-order valence-electron chi connectivity index (χ0n) is 15.8. The van der Waals surface area contributed by atoms with Crippen molar-refractivity contribution in [2.75, 3.05) is 20.8 Å². The summed E-state index contributed by atoms with van der Waals surface area (Å²) in [5, 5.41) is 6.20. The molecule has 27 heavy (non-hydrogen) atoms. The maximum Gasteiger partial charge on any atom is 0.162 e. The van der Waals surface area contributed by atoms with Crippen molar-refractivity contribution in [2.45, 2.75) is 32.1 Å². The van der Waals surface area contributed by atoms with Gasteiger partial charge in [-0.05, 0) is 24.8 Å². The SMILES string of the molecule is COc1cc2ncc3[nH]cnc3c2cc1OC.NSNCC1CCCCC1. The number of hydrogen-bond acceptors (Lipinski definition) is 7. The maximum absolute atomic E-state index is 5.28. The Labute approximate surface area is 163 Å². The number of aromatic amines is 1. The van der Waals surface area contributed by atoms with Crippen LogP contribution < -0.4 is 19.3 Å². The molecule has 1 saturated carbocycles. The topological polar surface area (TPSA) is 98.1 Å². The predicted octanol–water partition coefficient (Wildman–Crippen LogP) is 3.81. The van der Waals surface area contributed by atoms with Gasteiger partial charge >= 0.3 is 0 Å². The molecule has 146 valence electrons. The van der Waals surface area contributed by atoms with Crippen molar-refractivity contribution >= 4 is 34.1 Å². The van der Waals surface area contributed by atoms with E-state index in [-0.39, 0.29) is 0 Å². The third-order valence-electron chi connectivity index (χ3n) is 4.94. The average molecular weight is 390 g/mol. The predicted molar refractivity (Wildman–Crippen MR) is 111 cm³/mol. The summed E-state index contributed by atoms with van der Waals surface area (Å²) in [6, 6.07) is 3.74. The number of nitrogens with zero attached hydrogens (tertiary/aromatic N) is 2. The number of imidazole rings is 1. The maximum atomic E-state index is 5.28. The Hall–Kier alpha value is -2.03. The zero-order valence-corrected chi connectivity index (χ0v) is 16.6. The Morgan fingerprint density at radius 2 is 1.89 bits per heavy atom. The molecule has 1 fully saturated rings. The van der Waals surface area contributed by atoms with Gasteiger partial charge in [0.2, 0.25) is 0 Å². The number of benzene rings is 1. The van der Waals surface area contributed by atoms with Crippen LogP contribution in [0.3, 0.4) is 0 Å². The second-order valence-corrected chi connectivity index (χ2v) is 7.14. The Bertz CT molecular complexity index is 864. The van der Waals surface area contributed by atoms with Crippen molar-refractivity contribution in [3.63, 3.8) is 0 Å². The van der Waals surface area contributed by atoms with Crippen LogP contribution in [0, 0.1) is 5.92 Å². The second-order valence-electron chi connectivity index (χ2n) is 6.62. The molecule has 0 spiro atoms. The first-order chi connectivity index (χ1) is 13.3. The molecule has 0 amide bonds. The van der Waals surface area contributed by atoms with Gasteiger partial charge in [-0.15, -0.1) is 0 Å². The van der Waals surface area contributed by atoms with Gasteiger partial charge in [0, 0.05) is 30.1 Å². The fraction of sp³-hybridized carbons (Fsp3) is 0.474. The van der Waals surface area contributed by atoms with E-state index in [1.807, 2.05) is 12.1 Å². The third-order valence-corrected chi connectivity index (χ3v) is 5.27. The summed E-state index contributed by atoms with van der Waals surface area (Å²) in [7, 11) is 3.22. The Kier molecular flexibility index (Phi) is 7.14. The van der Waals surface area contributed by atoms with E-state index in [0.29, 0.717) is 11.5 Å². The van der Waals surface area contributed by atoms with Crippen LogP contribution in [0.2, 0.25) is 0 Å². The van der Waals surface area contributed by atoms with E-state index >= 15 is 0 Å². The minimum absolute atomic E-state index is 0.669. The Morgan fingerprint density at radius 3 is 2.59 bits per heavy atom. The molecule has 4 rings (SSSR count). The minimum Gasteiger partial charge on any atom is -0.493 e. The first-order valence-electron chi connectivity index (χ1n) is 9.19. The molecule has 7 nitrogen and oxygen atoms in total. The lowest BCUT2D eigenvalue weighted by Gasteiger charge is -2.20. The number of rotatable bonds is 5. The number of aromatic nitrogens is 3. The fourth-order valence-corrected chi connectivity index (χ4v) is 3.81. The van der Waals surface area contributed by atoms with Gasteiger partial charge in [0.25, 0.3) is 0 Å². The highest BCUT2D eigenvalue weighted by Gasteiger charge is 2.12. The summed E-state index contributed by atoms with van der Waals surface area (Å²) in [5.74, 6) is 2.24. The van der Waals surface area contributed by atoms with Crippen molar-refractivity contribution in [1.29, 1.82) is 0 Å². The number of nitrogens with one attached hydrogen (secondary N) is 2. The Balaban J connectivity index is 0.000000180. The summed E-state index contributed by atoms with van der Waals surface area (Å²) in [5.41, 5.74) is 2.63. The van der Waals surface area contributed by atoms with Crippen LogP contribution in [0.1, 0.15) is 32.1 Å². The van der Waals surface area contributed by atoms with Gasteiger partial charge in [0.1, 0.15) is 0 Å². The lowest BCUT2D eigenvalue weighted by atomic mass is 9.90. The molecule has 0 saturated heterocycles. The van der Waals surface area contributed by atoms with E-state index in [1.54, 1.807) is 26.7 Å². The summed E-state index contributed by atoms with van der Waals surface area (Å²) < 4.78 is 13.6. The molecule has 0 aliphatic heterocycles. The number of fused-ring (bicyclic) bond motifs is 3. The molecule has 0 atom stereocenters. The zero-order chi connectivity index (χ0) is 19.1. The first-order valence-corrected chi connectivity index (χ1v) is 10.1. The molecule has 0 radical (unpaired) electrons. The largest absolute Gasteiger partial charge is 0.493 e. The van der Waals surface area contributed by atoms with Crippen molar-refractivity contribution in [3.05, 3.63) is 24.7 Å². The summed E-state index contributed by atoms with van der Waals surface area (Å²) >= 11 is 1.25. The van der Waals surface area contributed by atoms with E-state index in [2.05, 4.69) is 19.7 Å². The van der Waals surface area contributed by atoms with Crippen molar-refractivity contribution < 1.29 is 9.47 Å². The van der Waals surface area contributed by atoms with E-state index < -0.39 is 0 Å². The number of hydrogen-bond donors (Lipinski definition) is 3. The van der Waals surface area contributed by atoms with E-state index in [9.17, 15) is 0 Å². The van der Waals surface area contributed by atoms with Crippen LogP contribution in [0.4, 0.5) is 0 Å². The van der Waals surface area contributed by atoms with Gasteiger partial charge in [0.05, 0.1) is 43.3 Å².